The Morgan fingerprint density at radius 3 is 2.68 bits per heavy atom. The third kappa shape index (κ3) is 6.78. The van der Waals surface area contributed by atoms with Crippen molar-refractivity contribution in [3.05, 3.63) is 54.6 Å². The summed E-state index contributed by atoms with van der Waals surface area (Å²) in [6.45, 7) is 1.85. The second-order valence-corrected chi connectivity index (χ2v) is 11.2. The van der Waals surface area contributed by atoms with Crippen LogP contribution < -0.4 is 10.6 Å². The Morgan fingerprint density at radius 1 is 1.15 bits per heavy atom. The molecule has 4 heterocycles. The zero-order valence-electron chi connectivity index (χ0n) is 21.9. The minimum Gasteiger partial charge on any atom is -0.481 e. The number of nitrogens with zero attached hydrogens (tertiary/aromatic N) is 4. The van der Waals surface area contributed by atoms with Gasteiger partial charge >= 0.3 is 19.6 Å². The maximum Gasteiger partial charge on any atom is 0.328 e. The summed E-state index contributed by atoms with van der Waals surface area (Å²) in [6, 6.07) is 9.11. The lowest BCUT2D eigenvalue weighted by Gasteiger charge is -2.21. The first-order chi connectivity index (χ1) is 19.7. The van der Waals surface area contributed by atoms with E-state index in [2.05, 4.69) is 25.6 Å². The van der Waals surface area contributed by atoms with E-state index in [-0.39, 0.29) is 12.4 Å². The fourth-order valence-corrected chi connectivity index (χ4v) is 5.48. The van der Waals surface area contributed by atoms with E-state index in [4.69, 9.17) is 23.8 Å². The molecule has 0 aliphatic carbocycles. The van der Waals surface area contributed by atoms with Gasteiger partial charge in [-0.2, -0.15) is 0 Å². The molecule has 0 radical (unpaired) electrons. The van der Waals surface area contributed by atoms with Crippen molar-refractivity contribution in [2.45, 2.75) is 44.2 Å². The molecular formula is C25H29N6O9P. The SMILES string of the molecule is CCNC(=O)Nc1ncnc2c1ncn2[C@@H]1O[C@H](COP(=O)(O)CCC(=O)O)C2O[C@H](C=Cc3ccccc3)O[C@@H]21. The average Bonchev–Trinajstić information content (AvgIpc) is 3.65. The van der Waals surface area contributed by atoms with Gasteiger partial charge < -0.3 is 34.1 Å². The van der Waals surface area contributed by atoms with Crippen LogP contribution in [0.4, 0.5) is 10.6 Å². The summed E-state index contributed by atoms with van der Waals surface area (Å²) in [5, 5.41) is 14.1. The van der Waals surface area contributed by atoms with Crippen molar-refractivity contribution in [1.82, 2.24) is 24.8 Å². The summed E-state index contributed by atoms with van der Waals surface area (Å²) in [4.78, 5) is 45.8. The van der Waals surface area contributed by atoms with Gasteiger partial charge in [0, 0.05) is 6.54 Å². The molecule has 2 amide bonds. The van der Waals surface area contributed by atoms with Crippen LogP contribution >= 0.6 is 7.60 Å². The number of amides is 2. The van der Waals surface area contributed by atoms with E-state index in [1.165, 1.54) is 12.7 Å². The maximum absolute atomic E-state index is 12.4. The summed E-state index contributed by atoms with van der Waals surface area (Å²) in [5.41, 5.74) is 1.60. The molecule has 0 saturated carbocycles. The highest BCUT2D eigenvalue weighted by molar-refractivity contribution is 7.52. The number of anilines is 1. The van der Waals surface area contributed by atoms with Gasteiger partial charge in [-0.3, -0.25) is 19.2 Å². The number of carboxylic acids is 1. The van der Waals surface area contributed by atoms with Gasteiger partial charge in [-0.1, -0.05) is 36.4 Å². The van der Waals surface area contributed by atoms with Gasteiger partial charge in [0.25, 0.3) is 0 Å². The summed E-state index contributed by atoms with van der Waals surface area (Å²) in [7, 11) is -4.21. The molecule has 4 N–H and O–H groups in total. The standard InChI is InChI=1S/C25H29N6O9P/c1-2-26-25(34)30-22-19-23(28-13-27-22)31(14-29-19)24-21-20(16(38-24)12-37-41(35,36)11-10-17(32)33)39-18(40-21)9-8-15-6-4-3-5-7-15/h3-9,13-14,16,18,20-21,24H,2,10-12H2,1H3,(H,32,33)(H,35,36)(H2,26,27,28,30,34)/t16-,18+,20?,21+,24-/m1/s1. The number of ether oxygens (including phenoxy) is 3. The first kappa shape index (κ1) is 28.8. The number of imidazole rings is 1. The molecule has 2 fully saturated rings. The Hall–Kier alpha value is -3.72. The van der Waals surface area contributed by atoms with Crippen LogP contribution in [-0.2, 0) is 28.1 Å². The highest BCUT2D eigenvalue weighted by Gasteiger charge is 2.53. The smallest absolute Gasteiger partial charge is 0.328 e. The Labute approximate surface area is 234 Å². The molecule has 2 saturated heterocycles. The highest BCUT2D eigenvalue weighted by atomic mass is 31.2. The fraction of sp³-hybridized carbons (Fsp3) is 0.400. The van der Waals surface area contributed by atoms with Crippen LogP contribution in [-0.4, -0.2) is 85.4 Å². The van der Waals surface area contributed by atoms with Crippen LogP contribution in [0.1, 0.15) is 25.1 Å². The van der Waals surface area contributed by atoms with E-state index in [9.17, 15) is 19.0 Å². The number of hydrogen-bond acceptors (Lipinski definition) is 10. The number of urea groups is 1. The van der Waals surface area contributed by atoms with E-state index in [0.717, 1.165) is 5.56 Å². The third-order valence-electron chi connectivity index (χ3n) is 6.36. The van der Waals surface area contributed by atoms with Crippen molar-refractivity contribution in [2.24, 2.45) is 0 Å². The average molecular weight is 589 g/mol. The lowest BCUT2D eigenvalue weighted by Crippen LogP contribution is -2.31. The molecule has 2 aliphatic rings. The van der Waals surface area contributed by atoms with E-state index in [1.54, 1.807) is 17.6 Å². The monoisotopic (exact) mass is 588 g/mol. The normalized spacial score (nSPS) is 25.3. The van der Waals surface area contributed by atoms with E-state index in [0.29, 0.717) is 17.7 Å². The first-order valence-corrected chi connectivity index (χ1v) is 14.6. The number of carbonyl (C=O) groups is 2. The van der Waals surface area contributed by atoms with Gasteiger partial charge in [-0.25, -0.2) is 19.7 Å². The number of nitrogens with one attached hydrogen (secondary N) is 2. The van der Waals surface area contributed by atoms with E-state index in [1.807, 2.05) is 36.4 Å². The Bertz CT molecular complexity index is 1470. The number of aromatic nitrogens is 4. The number of rotatable bonds is 11. The molecule has 1 aromatic carbocycles. The van der Waals surface area contributed by atoms with Crippen LogP contribution in [0.3, 0.4) is 0 Å². The Kier molecular flexibility index (Phi) is 8.73. The number of aliphatic carboxylic acids is 1. The molecule has 6 atom stereocenters. The molecule has 2 aliphatic heterocycles. The lowest BCUT2D eigenvalue weighted by atomic mass is 10.1. The highest BCUT2D eigenvalue weighted by Crippen LogP contribution is 2.46. The number of carboxylic acid groups (broad SMARTS) is 1. The largest absolute Gasteiger partial charge is 0.481 e. The molecule has 15 nitrogen and oxygen atoms in total. The zero-order valence-corrected chi connectivity index (χ0v) is 22.8. The molecule has 41 heavy (non-hydrogen) atoms. The predicted octanol–water partition coefficient (Wildman–Crippen LogP) is 2.37. The molecule has 3 aromatic rings. The number of hydrogen-bond donors (Lipinski definition) is 4. The molecule has 2 aromatic heterocycles. The van der Waals surface area contributed by atoms with Crippen LogP contribution in [0, 0.1) is 0 Å². The minimum atomic E-state index is -4.21. The zero-order chi connectivity index (χ0) is 29.0. The van der Waals surface area contributed by atoms with E-state index >= 15 is 0 Å². The summed E-state index contributed by atoms with van der Waals surface area (Å²) in [6.07, 6.45) is 1.42. The summed E-state index contributed by atoms with van der Waals surface area (Å²) in [5.74, 6) is -1.02. The molecule has 0 spiro atoms. The van der Waals surface area contributed by atoms with Crippen molar-refractivity contribution in [3.63, 3.8) is 0 Å². The quantitative estimate of drug-likeness (QED) is 0.239. The topological polar surface area (TPSA) is 196 Å². The van der Waals surface area contributed by atoms with Crippen LogP contribution in [0.25, 0.3) is 17.2 Å². The second kappa shape index (κ2) is 12.4. The van der Waals surface area contributed by atoms with E-state index < -0.39 is 63.0 Å². The number of fused-ring (bicyclic) bond motifs is 2. The maximum atomic E-state index is 12.4. The van der Waals surface area contributed by atoms with Crippen LogP contribution in [0.15, 0.2) is 49.1 Å². The van der Waals surface area contributed by atoms with Gasteiger partial charge in [-0.05, 0) is 18.6 Å². The van der Waals surface area contributed by atoms with Crippen molar-refractivity contribution in [1.29, 1.82) is 0 Å². The fourth-order valence-electron chi connectivity index (χ4n) is 4.50. The molecule has 5 rings (SSSR count). The molecule has 0 bridgehead atoms. The molecule has 2 unspecified atom stereocenters. The van der Waals surface area contributed by atoms with Gasteiger partial charge in [0.1, 0.15) is 24.6 Å². The minimum absolute atomic E-state index is 0.195. The number of benzene rings is 1. The summed E-state index contributed by atoms with van der Waals surface area (Å²) >= 11 is 0. The van der Waals surface area contributed by atoms with Crippen LogP contribution in [0.2, 0.25) is 0 Å². The van der Waals surface area contributed by atoms with Gasteiger partial charge in [0.2, 0.25) is 0 Å². The first-order valence-electron chi connectivity index (χ1n) is 12.8. The van der Waals surface area contributed by atoms with Crippen molar-refractivity contribution >= 4 is 42.7 Å². The van der Waals surface area contributed by atoms with Gasteiger partial charge in [-0.15, -0.1) is 0 Å². The van der Waals surface area contributed by atoms with Crippen molar-refractivity contribution < 1.29 is 42.9 Å². The van der Waals surface area contributed by atoms with Gasteiger partial charge in [0.15, 0.2) is 29.5 Å². The third-order valence-corrected chi connectivity index (χ3v) is 7.71. The molecule has 16 heteroatoms. The Morgan fingerprint density at radius 2 is 1.93 bits per heavy atom. The Balaban J connectivity index is 1.39. The van der Waals surface area contributed by atoms with Crippen molar-refractivity contribution in [2.75, 3.05) is 24.6 Å². The summed E-state index contributed by atoms with van der Waals surface area (Å²) < 4.78 is 37.7. The van der Waals surface area contributed by atoms with Crippen LogP contribution in [0.5, 0.6) is 0 Å². The van der Waals surface area contributed by atoms with Gasteiger partial charge in [0.05, 0.1) is 25.5 Å². The lowest BCUT2D eigenvalue weighted by molar-refractivity contribution is -0.136. The second-order valence-electron chi connectivity index (χ2n) is 9.24. The van der Waals surface area contributed by atoms with Crippen molar-refractivity contribution in [3.8, 4) is 0 Å². The molecular weight excluding hydrogens is 559 g/mol. The molecule has 218 valence electrons. The number of carbonyl (C=O) groups excluding carboxylic acids is 1. The predicted molar refractivity (Wildman–Crippen MR) is 144 cm³/mol.